The van der Waals surface area contributed by atoms with Crippen molar-refractivity contribution in [3.05, 3.63) is 20.1 Å². The van der Waals surface area contributed by atoms with Gasteiger partial charge in [0, 0.05) is 0 Å². The molecule has 7 heteroatoms. The van der Waals surface area contributed by atoms with Crippen LogP contribution in [0.3, 0.4) is 0 Å². The van der Waals surface area contributed by atoms with Crippen molar-refractivity contribution in [3.8, 4) is 5.75 Å². The van der Waals surface area contributed by atoms with Gasteiger partial charge < -0.3 is 15.6 Å². The smallest absolute Gasteiger partial charge is 0.159 e. The average Bonchev–Trinajstić information content (AvgIpc) is 2.24. The number of anilines is 1. The molecule has 1 aromatic rings. The summed E-state index contributed by atoms with van der Waals surface area (Å²) in [5.41, 5.74) is 5.64. The monoisotopic (exact) mass is 289 g/mol. The van der Waals surface area contributed by atoms with E-state index >= 15 is 0 Å². The van der Waals surface area contributed by atoms with Gasteiger partial charge in [-0.2, -0.15) is 0 Å². The van der Waals surface area contributed by atoms with Crippen LogP contribution in [0.25, 0.3) is 0 Å². The Morgan fingerprint density at radius 1 is 1.00 bits per heavy atom. The van der Waals surface area contributed by atoms with E-state index in [1.54, 1.807) is 0 Å². The minimum Gasteiger partial charge on any atom is -0.488 e. The molecule has 0 amide bonds. The maximum Gasteiger partial charge on any atom is 0.159 e. The molecule has 15 heavy (non-hydrogen) atoms. The predicted molar refractivity (Wildman–Crippen MR) is 63.5 cm³/mol. The van der Waals surface area contributed by atoms with Crippen LogP contribution in [0, 0.1) is 0 Å². The second-order valence-corrected chi connectivity index (χ2v) is 4.08. The second kappa shape index (κ2) is 5.32. The zero-order chi connectivity index (χ0) is 11.6. The van der Waals surface area contributed by atoms with Crippen LogP contribution in [0.4, 0.5) is 5.69 Å². The van der Waals surface area contributed by atoms with Crippen molar-refractivity contribution in [3.63, 3.8) is 0 Å². The van der Waals surface area contributed by atoms with Crippen molar-refractivity contribution in [1.29, 1.82) is 0 Å². The third kappa shape index (κ3) is 2.55. The Bertz CT molecular complexity index is 354. The summed E-state index contributed by atoms with van der Waals surface area (Å²) in [7, 11) is 0. The molecule has 0 fully saturated rings. The lowest BCUT2D eigenvalue weighted by molar-refractivity contribution is 0.201. The number of nitrogens with two attached hydrogens (primary N) is 1. The van der Waals surface area contributed by atoms with E-state index in [4.69, 9.17) is 62.0 Å². The van der Waals surface area contributed by atoms with Gasteiger partial charge in [-0.15, -0.1) is 0 Å². The van der Waals surface area contributed by atoms with Crippen molar-refractivity contribution in [2.75, 3.05) is 18.9 Å². The van der Waals surface area contributed by atoms with Crippen molar-refractivity contribution >= 4 is 52.1 Å². The number of ether oxygens (including phenoxy) is 1. The van der Waals surface area contributed by atoms with E-state index in [1.165, 1.54) is 0 Å². The molecule has 0 saturated heterocycles. The molecular formula is C8H7Cl4NO2. The lowest BCUT2D eigenvalue weighted by atomic mass is 10.3. The van der Waals surface area contributed by atoms with Crippen molar-refractivity contribution in [2.24, 2.45) is 0 Å². The van der Waals surface area contributed by atoms with Gasteiger partial charge in [-0.25, -0.2) is 0 Å². The van der Waals surface area contributed by atoms with Crippen LogP contribution < -0.4 is 10.5 Å². The molecule has 1 aromatic carbocycles. The summed E-state index contributed by atoms with van der Waals surface area (Å²) in [5.74, 6) is 0.122. The molecule has 0 unspecified atom stereocenters. The maximum atomic E-state index is 8.60. The summed E-state index contributed by atoms with van der Waals surface area (Å²) < 4.78 is 5.10. The lowest BCUT2D eigenvalue weighted by Crippen LogP contribution is -2.04. The van der Waals surface area contributed by atoms with Crippen LogP contribution >= 0.6 is 46.4 Å². The summed E-state index contributed by atoms with van der Waals surface area (Å²) >= 11 is 23.3. The van der Waals surface area contributed by atoms with E-state index < -0.39 is 0 Å². The van der Waals surface area contributed by atoms with Gasteiger partial charge in [0.05, 0.1) is 22.3 Å². The minimum absolute atomic E-state index is 0.0377. The molecular weight excluding hydrogens is 284 g/mol. The third-order valence-corrected chi connectivity index (χ3v) is 3.29. The Morgan fingerprint density at radius 2 is 1.47 bits per heavy atom. The molecule has 84 valence electrons. The molecule has 0 aliphatic carbocycles. The minimum atomic E-state index is -0.174. The molecule has 0 bridgehead atoms. The van der Waals surface area contributed by atoms with Crippen LogP contribution in [-0.4, -0.2) is 18.3 Å². The lowest BCUT2D eigenvalue weighted by Gasteiger charge is -2.13. The number of aliphatic hydroxyl groups is 1. The van der Waals surface area contributed by atoms with E-state index in [-0.39, 0.29) is 44.7 Å². The number of nitrogen functional groups attached to an aromatic ring is 1. The predicted octanol–water partition coefficient (Wildman–Crippen LogP) is 3.25. The highest BCUT2D eigenvalue weighted by Crippen LogP contribution is 2.47. The zero-order valence-corrected chi connectivity index (χ0v) is 10.4. The molecule has 0 atom stereocenters. The molecule has 0 spiro atoms. The normalized spacial score (nSPS) is 10.5. The number of rotatable bonds is 3. The number of halogens is 4. The molecule has 0 radical (unpaired) electrons. The summed E-state index contributed by atoms with van der Waals surface area (Å²) in [4.78, 5) is 0. The van der Waals surface area contributed by atoms with E-state index in [0.29, 0.717) is 0 Å². The zero-order valence-electron chi connectivity index (χ0n) is 7.36. The van der Waals surface area contributed by atoms with E-state index in [0.717, 1.165) is 0 Å². The highest BCUT2D eigenvalue weighted by molar-refractivity contribution is 6.51. The number of benzene rings is 1. The van der Waals surface area contributed by atoms with Crippen LogP contribution in [0.5, 0.6) is 5.75 Å². The van der Waals surface area contributed by atoms with Gasteiger partial charge in [0.15, 0.2) is 5.75 Å². The molecule has 3 N–H and O–H groups in total. The Kier molecular flexibility index (Phi) is 4.62. The summed E-state index contributed by atoms with van der Waals surface area (Å²) in [5, 5.41) is 8.93. The van der Waals surface area contributed by atoms with Gasteiger partial charge in [-0.3, -0.25) is 0 Å². The highest BCUT2D eigenvalue weighted by Gasteiger charge is 2.19. The Hall–Kier alpha value is -0.0600. The Balaban J connectivity index is 3.26. The second-order valence-electron chi connectivity index (χ2n) is 2.57. The summed E-state index contributed by atoms with van der Waals surface area (Å²) in [6, 6.07) is 0. The molecule has 3 nitrogen and oxygen atoms in total. The van der Waals surface area contributed by atoms with Gasteiger partial charge >= 0.3 is 0 Å². The summed E-state index contributed by atoms with van der Waals surface area (Å²) in [6.07, 6.45) is 0. The van der Waals surface area contributed by atoms with Crippen molar-refractivity contribution in [1.82, 2.24) is 0 Å². The molecule has 0 aromatic heterocycles. The quantitative estimate of drug-likeness (QED) is 0.664. The maximum absolute atomic E-state index is 8.60. The fourth-order valence-corrected chi connectivity index (χ4v) is 1.86. The SMILES string of the molecule is Nc1c(Cl)c(Cl)c(OCCO)c(Cl)c1Cl. The first kappa shape index (κ1) is 13.0. The van der Waals surface area contributed by atoms with Gasteiger partial charge in [0.1, 0.15) is 16.7 Å². The molecule has 0 aliphatic rings. The first-order valence-electron chi connectivity index (χ1n) is 3.85. The van der Waals surface area contributed by atoms with Gasteiger partial charge in [0.25, 0.3) is 0 Å². The first-order chi connectivity index (χ1) is 7.00. The molecule has 0 saturated carbocycles. The number of hydrogen-bond acceptors (Lipinski definition) is 3. The van der Waals surface area contributed by atoms with E-state index in [9.17, 15) is 0 Å². The summed E-state index contributed by atoms with van der Waals surface area (Å²) in [6.45, 7) is -0.137. The highest BCUT2D eigenvalue weighted by atomic mass is 35.5. The topological polar surface area (TPSA) is 55.5 Å². The third-order valence-electron chi connectivity index (χ3n) is 1.59. The van der Waals surface area contributed by atoms with E-state index in [1.807, 2.05) is 0 Å². The standard InChI is InChI=1S/C8H7Cl4NO2/c9-3-5(11)8(15-2-1-14)6(12)4(10)7(3)13/h14H,1-2,13H2. The Morgan fingerprint density at radius 3 is 1.87 bits per heavy atom. The van der Waals surface area contributed by atoms with Crippen LogP contribution in [0.2, 0.25) is 20.1 Å². The average molecular weight is 291 g/mol. The van der Waals surface area contributed by atoms with E-state index in [2.05, 4.69) is 0 Å². The first-order valence-corrected chi connectivity index (χ1v) is 5.37. The van der Waals surface area contributed by atoms with Crippen LogP contribution in [-0.2, 0) is 0 Å². The Labute approximate surface area is 107 Å². The van der Waals surface area contributed by atoms with Crippen LogP contribution in [0.1, 0.15) is 0 Å². The van der Waals surface area contributed by atoms with Gasteiger partial charge in [-0.1, -0.05) is 46.4 Å². The number of hydrogen-bond donors (Lipinski definition) is 2. The number of aliphatic hydroxyl groups excluding tert-OH is 1. The molecule has 0 aliphatic heterocycles. The van der Waals surface area contributed by atoms with Gasteiger partial charge in [-0.05, 0) is 0 Å². The van der Waals surface area contributed by atoms with Gasteiger partial charge in [0.2, 0.25) is 0 Å². The van der Waals surface area contributed by atoms with Crippen LogP contribution in [0.15, 0.2) is 0 Å². The largest absolute Gasteiger partial charge is 0.488 e. The van der Waals surface area contributed by atoms with Crippen molar-refractivity contribution < 1.29 is 9.84 Å². The van der Waals surface area contributed by atoms with Crippen molar-refractivity contribution in [2.45, 2.75) is 0 Å². The molecule has 0 heterocycles. The fraction of sp³-hybridized carbons (Fsp3) is 0.250. The molecule has 1 rings (SSSR count). The fourth-order valence-electron chi connectivity index (χ4n) is 0.903.